The molecular weight excluding hydrogens is 364 g/mol. The Hall–Kier alpha value is -3.35. The van der Waals surface area contributed by atoms with Gasteiger partial charge in [0.15, 0.2) is 11.8 Å². The highest BCUT2D eigenvalue weighted by molar-refractivity contribution is 5.79. The van der Waals surface area contributed by atoms with Gasteiger partial charge in [0.25, 0.3) is 0 Å². The Morgan fingerprint density at radius 1 is 1.07 bits per heavy atom. The average molecular weight is 390 g/mol. The number of guanidine groups is 1. The van der Waals surface area contributed by atoms with Crippen molar-refractivity contribution in [1.82, 2.24) is 25.4 Å². The molecule has 0 aliphatic heterocycles. The number of hydrogen-bond acceptors (Lipinski definition) is 4. The Kier molecular flexibility index (Phi) is 6.04. The molecule has 2 N–H and O–H groups in total. The molecule has 7 nitrogen and oxygen atoms in total. The van der Waals surface area contributed by atoms with Gasteiger partial charge in [0.1, 0.15) is 12.1 Å². The molecular formula is C22H26N6O. The molecule has 150 valence electrons. The van der Waals surface area contributed by atoms with Crippen LogP contribution in [-0.2, 0) is 13.1 Å². The SMILES string of the molecule is CN=C(NCc1ccccc1OCC1CC1)NCc1nncn1-c1ccccc1. The smallest absolute Gasteiger partial charge is 0.191 e. The summed E-state index contributed by atoms with van der Waals surface area (Å²) >= 11 is 0. The van der Waals surface area contributed by atoms with Gasteiger partial charge in [0.05, 0.1) is 13.2 Å². The highest BCUT2D eigenvalue weighted by Gasteiger charge is 2.22. The summed E-state index contributed by atoms with van der Waals surface area (Å²) < 4.78 is 7.95. The first-order chi connectivity index (χ1) is 14.3. The molecule has 1 heterocycles. The second-order valence-corrected chi connectivity index (χ2v) is 7.09. The van der Waals surface area contributed by atoms with E-state index >= 15 is 0 Å². The van der Waals surface area contributed by atoms with E-state index in [4.69, 9.17) is 4.74 Å². The van der Waals surface area contributed by atoms with Crippen molar-refractivity contribution < 1.29 is 4.74 Å². The van der Waals surface area contributed by atoms with Crippen LogP contribution in [0.2, 0.25) is 0 Å². The lowest BCUT2D eigenvalue weighted by molar-refractivity contribution is 0.296. The summed E-state index contributed by atoms with van der Waals surface area (Å²) in [6.07, 6.45) is 4.28. The molecule has 7 heteroatoms. The fraction of sp³-hybridized carbons (Fsp3) is 0.318. The van der Waals surface area contributed by atoms with Crippen LogP contribution >= 0.6 is 0 Å². The van der Waals surface area contributed by atoms with E-state index in [0.717, 1.165) is 35.3 Å². The molecule has 0 saturated heterocycles. The van der Waals surface area contributed by atoms with Gasteiger partial charge < -0.3 is 15.4 Å². The fourth-order valence-electron chi connectivity index (χ4n) is 3.03. The van der Waals surface area contributed by atoms with Crippen molar-refractivity contribution in [3.8, 4) is 11.4 Å². The zero-order valence-electron chi connectivity index (χ0n) is 16.6. The number of aliphatic imine (C=N–C) groups is 1. The van der Waals surface area contributed by atoms with Crippen molar-refractivity contribution in [2.24, 2.45) is 10.9 Å². The summed E-state index contributed by atoms with van der Waals surface area (Å²) in [7, 11) is 1.76. The molecule has 0 amide bonds. The van der Waals surface area contributed by atoms with Crippen LogP contribution in [0.25, 0.3) is 5.69 Å². The van der Waals surface area contributed by atoms with E-state index in [1.807, 2.05) is 53.1 Å². The van der Waals surface area contributed by atoms with Crippen molar-refractivity contribution in [2.75, 3.05) is 13.7 Å². The molecule has 0 bridgehead atoms. The van der Waals surface area contributed by atoms with Crippen molar-refractivity contribution >= 4 is 5.96 Å². The van der Waals surface area contributed by atoms with Crippen LogP contribution in [0.5, 0.6) is 5.75 Å². The van der Waals surface area contributed by atoms with Crippen LogP contribution in [-0.4, -0.2) is 34.4 Å². The molecule has 3 aromatic rings. The van der Waals surface area contributed by atoms with Gasteiger partial charge >= 0.3 is 0 Å². The average Bonchev–Trinajstić information content (AvgIpc) is 3.49. The van der Waals surface area contributed by atoms with Gasteiger partial charge in [0.2, 0.25) is 0 Å². The van der Waals surface area contributed by atoms with Gasteiger partial charge in [-0.15, -0.1) is 10.2 Å². The molecule has 1 aliphatic rings. The molecule has 1 aliphatic carbocycles. The van der Waals surface area contributed by atoms with E-state index in [2.05, 4.69) is 31.9 Å². The van der Waals surface area contributed by atoms with E-state index in [9.17, 15) is 0 Å². The maximum absolute atomic E-state index is 5.99. The fourth-order valence-corrected chi connectivity index (χ4v) is 3.03. The van der Waals surface area contributed by atoms with Gasteiger partial charge in [0, 0.05) is 24.8 Å². The van der Waals surface area contributed by atoms with Gasteiger partial charge in [-0.3, -0.25) is 9.56 Å². The van der Waals surface area contributed by atoms with Crippen LogP contribution in [0.15, 0.2) is 65.9 Å². The summed E-state index contributed by atoms with van der Waals surface area (Å²) in [4.78, 5) is 4.32. The number of benzene rings is 2. The van der Waals surface area contributed by atoms with Crippen molar-refractivity contribution in [2.45, 2.75) is 25.9 Å². The monoisotopic (exact) mass is 390 g/mol. The van der Waals surface area contributed by atoms with Crippen LogP contribution < -0.4 is 15.4 Å². The first kappa shape index (κ1) is 19.0. The first-order valence-corrected chi connectivity index (χ1v) is 9.93. The largest absolute Gasteiger partial charge is 0.493 e. The topological polar surface area (TPSA) is 76.4 Å². The Morgan fingerprint density at radius 3 is 2.62 bits per heavy atom. The Morgan fingerprint density at radius 2 is 1.83 bits per heavy atom. The molecule has 1 saturated carbocycles. The van der Waals surface area contributed by atoms with Crippen LogP contribution in [0, 0.1) is 5.92 Å². The second kappa shape index (κ2) is 9.23. The number of nitrogens with zero attached hydrogens (tertiary/aromatic N) is 4. The van der Waals surface area contributed by atoms with Crippen molar-refractivity contribution in [3.63, 3.8) is 0 Å². The highest BCUT2D eigenvalue weighted by atomic mass is 16.5. The summed E-state index contributed by atoms with van der Waals surface area (Å²) in [5.74, 6) is 3.18. The van der Waals surface area contributed by atoms with E-state index in [0.29, 0.717) is 19.0 Å². The lowest BCUT2D eigenvalue weighted by atomic mass is 10.2. The minimum absolute atomic E-state index is 0.508. The molecule has 0 unspecified atom stereocenters. The lowest BCUT2D eigenvalue weighted by Gasteiger charge is -2.15. The zero-order chi connectivity index (χ0) is 19.9. The summed E-state index contributed by atoms with van der Waals surface area (Å²) in [5.41, 5.74) is 2.14. The number of hydrogen-bond donors (Lipinski definition) is 2. The van der Waals surface area contributed by atoms with Gasteiger partial charge in [-0.1, -0.05) is 36.4 Å². The Labute approximate surface area is 170 Å². The predicted octanol–water partition coefficient (Wildman–Crippen LogP) is 2.92. The van der Waals surface area contributed by atoms with Crippen molar-refractivity contribution in [3.05, 3.63) is 72.3 Å². The molecule has 1 fully saturated rings. The first-order valence-electron chi connectivity index (χ1n) is 9.93. The minimum Gasteiger partial charge on any atom is -0.493 e. The van der Waals surface area contributed by atoms with E-state index in [1.165, 1.54) is 12.8 Å². The Balaban J connectivity index is 1.34. The number of para-hydroxylation sites is 2. The molecule has 2 aromatic carbocycles. The number of rotatable bonds is 8. The molecule has 1 aromatic heterocycles. The number of nitrogens with one attached hydrogen (secondary N) is 2. The zero-order valence-corrected chi connectivity index (χ0v) is 16.6. The normalized spacial score (nSPS) is 13.9. The molecule has 29 heavy (non-hydrogen) atoms. The van der Waals surface area contributed by atoms with Crippen LogP contribution in [0.1, 0.15) is 24.2 Å². The third-order valence-corrected chi connectivity index (χ3v) is 4.88. The third-order valence-electron chi connectivity index (χ3n) is 4.88. The number of ether oxygens (including phenoxy) is 1. The lowest BCUT2D eigenvalue weighted by Crippen LogP contribution is -2.37. The van der Waals surface area contributed by atoms with E-state index in [1.54, 1.807) is 13.4 Å². The summed E-state index contributed by atoms with van der Waals surface area (Å²) in [6, 6.07) is 18.2. The van der Waals surface area contributed by atoms with Gasteiger partial charge in [-0.25, -0.2) is 0 Å². The molecule has 0 atom stereocenters. The molecule has 0 radical (unpaired) electrons. The number of aromatic nitrogens is 3. The van der Waals surface area contributed by atoms with Crippen molar-refractivity contribution in [1.29, 1.82) is 0 Å². The van der Waals surface area contributed by atoms with Crippen LogP contribution in [0.3, 0.4) is 0 Å². The van der Waals surface area contributed by atoms with E-state index < -0.39 is 0 Å². The summed E-state index contributed by atoms with van der Waals surface area (Å²) in [5, 5.41) is 14.9. The molecule has 4 rings (SSSR count). The third kappa shape index (κ3) is 5.13. The standard InChI is InChI=1S/C22H26N6O/c1-23-22(24-13-18-7-5-6-10-20(18)29-15-17-11-12-17)25-14-21-27-26-16-28(21)19-8-3-2-4-9-19/h2-10,16-17H,11-15H2,1H3,(H2,23,24,25). The van der Waals surface area contributed by atoms with Gasteiger partial charge in [-0.05, 0) is 37.0 Å². The highest BCUT2D eigenvalue weighted by Crippen LogP contribution is 2.30. The minimum atomic E-state index is 0.508. The maximum atomic E-state index is 5.99. The quantitative estimate of drug-likeness (QED) is 0.457. The second-order valence-electron chi connectivity index (χ2n) is 7.09. The van der Waals surface area contributed by atoms with E-state index in [-0.39, 0.29) is 0 Å². The van der Waals surface area contributed by atoms with Crippen LogP contribution in [0.4, 0.5) is 0 Å². The predicted molar refractivity (Wildman–Crippen MR) is 113 cm³/mol. The summed E-state index contributed by atoms with van der Waals surface area (Å²) in [6.45, 7) is 1.94. The Bertz CT molecular complexity index is 949. The maximum Gasteiger partial charge on any atom is 0.191 e. The molecule has 0 spiro atoms. The van der Waals surface area contributed by atoms with Gasteiger partial charge in [-0.2, -0.15) is 0 Å².